The predicted octanol–water partition coefficient (Wildman–Crippen LogP) is 1.69. The number of Topliss-reactive ketones (excluding diaryl/α,β-unsaturated/α-hetero) is 1. The standard InChI is InChI=1S/C10H12BrNO3/c1-15-10-6(7(13)4-5-12)2-3-8(14)9(10)11/h2-3,14H,4-5,12H2,1H3. The second-order valence-corrected chi connectivity index (χ2v) is 3.73. The number of nitrogens with two attached hydrogens (primary N) is 1. The zero-order valence-electron chi connectivity index (χ0n) is 8.29. The highest BCUT2D eigenvalue weighted by Crippen LogP contribution is 2.36. The van der Waals surface area contributed by atoms with E-state index in [0.717, 1.165) is 0 Å². The maximum atomic E-state index is 11.6. The molecular formula is C10H12BrNO3. The molecule has 0 bridgehead atoms. The van der Waals surface area contributed by atoms with Crippen LogP contribution in [0.1, 0.15) is 16.8 Å². The summed E-state index contributed by atoms with van der Waals surface area (Å²) in [5.74, 6) is 0.277. The molecular weight excluding hydrogens is 262 g/mol. The summed E-state index contributed by atoms with van der Waals surface area (Å²) in [5.41, 5.74) is 5.73. The number of rotatable bonds is 4. The Balaban J connectivity index is 3.18. The monoisotopic (exact) mass is 273 g/mol. The van der Waals surface area contributed by atoms with E-state index in [1.807, 2.05) is 0 Å². The van der Waals surface area contributed by atoms with Crippen LogP contribution in [-0.2, 0) is 0 Å². The quantitative estimate of drug-likeness (QED) is 0.819. The normalized spacial score (nSPS) is 10.1. The first kappa shape index (κ1) is 12.0. The van der Waals surface area contributed by atoms with Gasteiger partial charge in [0.05, 0.1) is 12.7 Å². The van der Waals surface area contributed by atoms with Crippen molar-refractivity contribution in [3.63, 3.8) is 0 Å². The summed E-state index contributed by atoms with van der Waals surface area (Å²) < 4.78 is 5.44. The van der Waals surface area contributed by atoms with Crippen LogP contribution in [0.4, 0.5) is 0 Å². The number of carbonyl (C=O) groups excluding carboxylic acids is 1. The van der Waals surface area contributed by atoms with Crippen molar-refractivity contribution in [1.29, 1.82) is 0 Å². The average molecular weight is 274 g/mol. The molecule has 0 saturated heterocycles. The van der Waals surface area contributed by atoms with E-state index >= 15 is 0 Å². The first-order chi connectivity index (χ1) is 7.11. The Kier molecular flexibility index (Phi) is 4.11. The molecule has 1 aromatic carbocycles. The zero-order valence-corrected chi connectivity index (χ0v) is 9.87. The zero-order chi connectivity index (χ0) is 11.4. The summed E-state index contributed by atoms with van der Waals surface area (Å²) >= 11 is 3.15. The molecule has 15 heavy (non-hydrogen) atoms. The Morgan fingerprint density at radius 1 is 1.60 bits per heavy atom. The molecule has 0 aromatic heterocycles. The van der Waals surface area contributed by atoms with Crippen LogP contribution in [0.5, 0.6) is 11.5 Å². The van der Waals surface area contributed by atoms with Crippen LogP contribution in [0.3, 0.4) is 0 Å². The Morgan fingerprint density at radius 3 is 2.80 bits per heavy atom. The minimum atomic E-state index is -0.102. The van der Waals surface area contributed by atoms with Crippen molar-refractivity contribution in [2.24, 2.45) is 5.73 Å². The minimum Gasteiger partial charge on any atom is -0.507 e. The van der Waals surface area contributed by atoms with E-state index in [4.69, 9.17) is 10.5 Å². The molecule has 0 atom stereocenters. The smallest absolute Gasteiger partial charge is 0.167 e. The first-order valence-corrected chi connectivity index (χ1v) is 5.19. The number of phenolic OH excluding ortho intramolecular Hbond substituents is 1. The van der Waals surface area contributed by atoms with Gasteiger partial charge in [-0.25, -0.2) is 0 Å². The highest BCUT2D eigenvalue weighted by molar-refractivity contribution is 9.10. The maximum Gasteiger partial charge on any atom is 0.167 e. The topological polar surface area (TPSA) is 72.5 Å². The van der Waals surface area contributed by atoms with Crippen molar-refractivity contribution in [3.8, 4) is 11.5 Å². The van der Waals surface area contributed by atoms with Gasteiger partial charge in [-0.1, -0.05) is 0 Å². The SMILES string of the molecule is COc1c(C(=O)CCN)ccc(O)c1Br. The molecule has 0 aliphatic heterocycles. The molecule has 1 rings (SSSR count). The Morgan fingerprint density at radius 2 is 2.27 bits per heavy atom. The summed E-state index contributed by atoms with van der Waals surface area (Å²) in [6, 6.07) is 2.97. The largest absolute Gasteiger partial charge is 0.507 e. The number of aromatic hydroxyl groups is 1. The van der Waals surface area contributed by atoms with E-state index in [-0.39, 0.29) is 18.0 Å². The highest BCUT2D eigenvalue weighted by atomic mass is 79.9. The summed E-state index contributed by atoms with van der Waals surface area (Å²) in [7, 11) is 1.44. The third kappa shape index (κ3) is 2.49. The average Bonchev–Trinajstić information content (AvgIpc) is 2.22. The number of ketones is 1. The van der Waals surface area contributed by atoms with Crippen LogP contribution in [0.2, 0.25) is 0 Å². The number of methoxy groups -OCH3 is 1. The van der Waals surface area contributed by atoms with Gasteiger partial charge < -0.3 is 15.6 Å². The van der Waals surface area contributed by atoms with E-state index in [0.29, 0.717) is 22.3 Å². The van der Waals surface area contributed by atoms with E-state index in [1.165, 1.54) is 19.2 Å². The number of benzene rings is 1. The van der Waals surface area contributed by atoms with Gasteiger partial charge in [-0.2, -0.15) is 0 Å². The number of phenols is 1. The number of halogens is 1. The number of ether oxygens (including phenoxy) is 1. The summed E-state index contributed by atoms with van der Waals surface area (Å²) in [5, 5.41) is 9.40. The second-order valence-electron chi connectivity index (χ2n) is 2.94. The van der Waals surface area contributed by atoms with Crippen LogP contribution < -0.4 is 10.5 Å². The molecule has 0 heterocycles. The highest BCUT2D eigenvalue weighted by Gasteiger charge is 2.16. The van der Waals surface area contributed by atoms with Gasteiger partial charge in [-0.3, -0.25) is 4.79 Å². The van der Waals surface area contributed by atoms with Gasteiger partial charge in [0.2, 0.25) is 0 Å². The Hall–Kier alpha value is -1.07. The molecule has 0 radical (unpaired) electrons. The molecule has 4 nitrogen and oxygen atoms in total. The number of hydrogen-bond acceptors (Lipinski definition) is 4. The molecule has 1 aromatic rings. The second kappa shape index (κ2) is 5.14. The van der Waals surface area contributed by atoms with Crippen LogP contribution in [0, 0.1) is 0 Å². The van der Waals surface area contributed by atoms with E-state index in [1.54, 1.807) is 0 Å². The summed E-state index contributed by atoms with van der Waals surface area (Å²) in [6.45, 7) is 0.292. The van der Waals surface area contributed by atoms with Gasteiger partial charge in [-0.05, 0) is 34.6 Å². The fraction of sp³-hybridized carbons (Fsp3) is 0.300. The molecule has 5 heteroatoms. The third-order valence-electron chi connectivity index (χ3n) is 1.95. The fourth-order valence-electron chi connectivity index (χ4n) is 1.23. The van der Waals surface area contributed by atoms with Crippen molar-refractivity contribution in [3.05, 3.63) is 22.2 Å². The van der Waals surface area contributed by atoms with Crippen LogP contribution >= 0.6 is 15.9 Å². The fourth-order valence-corrected chi connectivity index (χ4v) is 1.74. The molecule has 0 unspecified atom stereocenters. The first-order valence-electron chi connectivity index (χ1n) is 4.40. The van der Waals surface area contributed by atoms with Crippen LogP contribution in [-0.4, -0.2) is 24.5 Å². The molecule has 0 aliphatic rings. The van der Waals surface area contributed by atoms with Crippen LogP contribution in [0.15, 0.2) is 16.6 Å². The van der Waals surface area contributed by atoms with Crippen LogP contribution in [0.25, 0.3) is 0 Å². The molecule has 0 amide bonds. The van der Waals surface area contributed by atoms with E-state index in [2.05, 4.69) is 15.9 Å². The molecule has 0 saturated carbocycles. The lowest BCUT2D eigenvalue weighted by Gasteiger charge is -2.10. The van der Waals surface area contributed by atoms with Crippen molar-refractivity contribution < 1.29 is 14.6 Å². The molecule has 3 N–H and O–H groups in total. The van der Waals surface area contributed by atoms with Gasteiger partial charge in [0.25, 0.3) is 0 Å². The molecule has 0 spiro atoms. The van der Waals surface area contributed by atoms with Gasteiger partial charge in [0, 0.05) is 6.42 Å². The van der Waals surface area contributed by atoms with Crippen molar-refractivity contribution in [2.45, 2.75) is 6.42 Å². The third-order valence-corrected chi connectivity index (χ3v) is 2.72. The molecule has 0 aliphatic carbocycles. The Labute approximate surface area is 96.2 Å². The lowest BCUT2D eigenvalue weighted by molar-refractivity contribution is 0.0982. The van der Waals surface area contributed by atoms with Gasteiger partial charge >= 0.3 is 0 Å². The summed E-state index contributed by atoms with van der Waals surface area (Å²) in [4.78, 5) is 11.6. The molecule has 82 valence electrons. The van der Waals surface area contributed by atoms with Gasteiger partial charge in [0.1, 0.15) is 16.0 Å². The minimum absolute atomic E-state index is 0.0381. The number of hydrogen-bond donors (Lipinski definition) is 2. The predicted molar refractivity (Wildman–Crippen MR) is 60.4 cm³/mol. The van der Waals surface area contributed by atoms with E-state index in [9.17, 15) is 9.90 Å². The van der Waals surface area contributed by atoms with Crippen molar-refractivity contribution in [2.75, 3.05) is 13.7 Å². The summed E-state index contributed by atoms with van der Waals surface area (Å²) in [6.07, 6.45) is 0.258. The maximum absolute atomic E-state index is 11.6. The number of carbonyl (C=O) groups is 1. The van der Waals surface area contributed by atoms with Crippen molar-refractivity contribution >= 4 is 21.7 Å². The van der Waals surface area contributed by atoms with Gasteiger partial charge in [-0.15, -0.1) is 0 Å². The van der Waals surface area contributed by atoms with Gasteiger partial charge in [0.15, 0.2) is 5.78 Å². The molecule has 0 fully saturated rings. The van der Waals surface area contributed by atoms with Crippen molar-refractivity contribution in [1.82, 2.24) is 0 Å². The lowest BCUT2D eigenvalue weighted by Crippen LogP contribution is -2.09. The lowest BCUT2D eigenvalue weighted by atomic mass is 10.1. The Bertz CT molecular complexity index is 379. The van der Waals surface area contributed by atoms with E-state index < -0.39 is 0 Å².